The summed E-state index contributed by atoms with van der Waals surface area (Å²) in [6, 6.07) is 0.417. The monoisotopic (exact) mass is 175 g/mol. The molecule has 1 aliphatic heterocycles. The van der Waals surface area contributed by atoms with Crippen LogP contribution >= 0.6 is 0 Å². The van der Waals surface area contributed by atoms with Gasteiger partial charge in [-0.05, 0) is 12.5 Å². The summed E-state index contributed by atoms with van der Waals surface area (Å²) in [5.74, 6) is 0.566. The molecule has 0 amide bonds. The number of allylic oxidation sites excluding steroid dienone is 2. The fourth-order valence-corrected chi connectivity index (χ4v) is 2.17. The molecule has 2 rings (SSSR count). The van der Waals surface area contributed by atoms with Crippen LogP contribution in [0.25, 0.3) is 0 Å². The van der Waals surface area contributed by atoms with E-state index in [1.807, 2.05) is 0 Å². The molecule has 0 aromatic rings. The zero-order chi connectivity index (χ0) is 9.64. The van der Waals surface area contributed by atoms with E-state index in [9.17, 15) is 0 Å². The maximum absolute atomic E-state index is 4.74. The summed E-state index contributed by atoms with van der Waals surface area (Å²) in [5, 5.41) is 0. The largest absolute Gasteiger partial charge is 0.285 e. The van der Waals surface area contributed by atoms with Crippen LogP contribution < -0.4 is 0 Å². The molecule has 1 heterocycles. The Hall–Kier alpha value is -0.850. The first-order chi connectivity index (χ1) is 6.03. The molecule has 0 N–H and O–H groups in total. The van der Waals surface area contributed by atoms with Crippen molar-refractivity contribution in [2.75, 3.05) is 0 Å². The molecule has 2 unspecified atom stereocenters. The molecule has 0 radical (unpaired) electrons. The molecule has 0 saturated carbocycles. The maximum Gasteiger partial charge on any atom is 0.0780 e. The van der Waals surface area contributed by atoms with Crippen molar-refractivity contribution in [1.29, 1.82) is 0 Å². The lowest BCUT2D eigenvalue weighted by Gasteiger charge is -2.27. The van der Waals surface area contributed by atoms with Crippen LogP contribution in [-0.2, 0) is 0 Å². The molecule has 0 spiro atoms. The molecule has 1 nitrogen and oxygen atoms in total. The molecule has 1 aliphatic carbocycles. The molecular formula is C12H17N. The molecule has 13 heavy (non-hydrogen) atoms. The van der Waals surface area contributed by atoms with Crippen molar-refractivity contribution in [3.8, 4) is 0 Å². The molecule has 1 heteroatoms. The van der Waals surface area contributed by atoms with Crippen LogP contribution in [0.3, 0.4) is 0 Å². The zero-order valence-electron chi connectivity index (χ0n) is 8.83. The highest BCUT2D eigenvalue weighted by atomic mass is 14.9. The van der Waals surface area contributed by atoms with Crippen molar-refractivity contribution in [2.45, 2.75) is 33.7 Å². The molecule has 0 aromatic heterocycles. The quantitative estimate of drug-likeness (QED) is 0.536. The summed E-state index contributed by atoms with van der Waals surface area (Å²) in [6.07, 6.45) is 6.66. The Morgan fingerprint density at radius 2 is 2.08 bits per heavy atom. The first-order valence-electron chi connectivity index (χ1n) is 4.97. The van der Waals surface area contributed by atoms with Gasteiger partial charge in [0.05, 0.1) is 6.04 Å². The van der Waals surface area contributed by atoms with Gasteiger partial charge in [0, 0.05) is 17.0 Å². The number of rotatable bonds is 0. The van der Waals surface area contributed by atoms with Gasteiger partial charge < -0.3 is 0 Å². The zero-order valence-corrected chi connectivity index (χ0v) is 8.83. The second-order valence-corrected chi connectivity index (χ2v) is 4.65. The van der Waals surface area contributed by atoms with Crippen molar-refractivity contribution in [3.05, 3.63) is 23.8 Å². The molecule has 0 fully saturated rings. The fourth-order valence-electron chi connectivity index (χ4n) is 2.17. The van der Waals surface area contributed by atoms with E-state index in [1.165, 1.54) is 11.3 Å². The molecule has 70 valence electrons. The van der Waals surface area contributed by atoms with Gasteiger partial charge in [0.2, 0.25) is 0 Å². The third kappa shape index (κ3) is 1.10. The standard InChI is InChI=1S/C12H17N/c1-8-6-5-7-10-11(8)13-9(2)12(10,3)4/h5-8,11H,1-4H3. The van der Waals surface area contributed by atoms with Gasteiger partial charge in [-0.15, -0.1) is 0 Å². The molecule has 0 bridgehead atoms. The van der Waals surface area contributed by atoms with E-state index in [-0.39, 0.29) is 5.41 Å². The number of fused-ring (bicyclic) bond motifs is 1. The van der Waals surface area contributed by atoms with Crippen LogP contribution in [0.4, 0.5) is 0 Å². The highest BCUT2D eigenvalue weighted by Crippen LogP contribution is 2.42. The van der Waals surface area contributed by atoms with Crippen LogP contribution in [-0.4, -0.2) is 11.8 Å². The molecule has 2 aliphatic rings. The predicted molar refractivity (Wildman–Crippen MR) is 57.1 cm³/mol. The van der Waals surface area contributed by atoms with Crippen molar-refractivity contribution in [1.82, 2.24) is 0 Å². The van der Waals surface area contributed by atoms with Gasteiger partial charge in [-0.3, -0.25) is 4.99 Å². The van der Waals surface area contributed by atoms with E-state index in [2.05, 4.69) is 45.9 Å². The fraction of sp³-hybridized carbons (Fsp3) is 0.583. The molecule has 0 aromatic carbocycles. The van der Waals surface area contributed by atoms with Crippen molar-refractivity contribution in [3.63, 3.8) is 0 Å². The molecule has 2 atom stereocenters. The van der Waals surface area contributed by atoms with E-state index in [4.69, 9.17) is 4.99 Å². The third-order valence-corrected chi connectivity index (χ3v) is 3.47. The van der Waals surface area contributed by atoms with Gasteiger partial charge in [-0.25, -0.2) is 0 Å². The van der Waals surface area contributed by atoms with E-state index < -0.39 is 0 Å². The summed E-state index contributed by atoms with van der Waals surface area (Å²) in [6.45, 7) is 8.92. The normalized spacial score (nSPS) is 35.4. The average Bonchev–Trinajstić information content (AvgIpc) is 2.28. The summed E-state index contributed by atoms with van der Waals surface area (Å²) in [4.78, 5) is 4.74. The number of aliphatic imine (C=N–C) groups is 1. The van der Waals surface area contributed by atoms with Crippen LogP contribution in [0.5, 0.6) is 0 Å². The first-order valence-corrected chi connectivity index (χ1v) is 4.97. The lowest BCUT2D eigenvalue weighted by molar-refractivity contribution is 0.537. The summed E-state index contributed by atoms with van der Waals surface area (Å²) in [5.41, 5.74) is 2.95. The number of hydrogen-bond acceptors (Lipinski definition) is 1. The number of nitrogens with zero attached hydrogens (tertiary/aromatic N) is 1. The molecule has 0 saturated heterocycles. The minimum atomic E-state index is 0.184. The topological polar surface area (TPSA) is 12.4 Å². The second kappa shape index (κ2) is 2.57. The van der Waals surface area contributed by atoms with Gasteiger partial charge in [-0.2, -0.15) is 0 Å². The van der Waals surface area contributed by atoms with E-state index in [0.29, 0.717) is 12.0 Å². The average molecular weight is 175 g/mol. The maximum atomic E-state index is 4.74. The predicted octanol–water partition coefficient (Wildman–Crippen LogP) is 2.99. The highest BCUT2D eigenvalue weighted by molar-refractivity contribution is 5.93. The SMILES string of the molecule is CC1=NC2C(=CC=CC2C)C1(C)C. The highest BCUT2D eigenvalue weighted by Gasteiger charge is 2.40. The minimum Gasteiger partial charge on any atom is -0.285 e. The number of hydrogen-bond donors (Lipinski definition) is 0. The Labute approximate surface area is 80.3 Å². The Morgan fingerprint density at radius 3 is 2.69 bits per heavy atom. The summed E-state index contributed by atoms with van der Waals surface area (Å²) in [7, 11) is 0. The molecular weight excluding hydrogens is 158 g/mol. The van der Waals surface area contributed by atoms with Gasteiger partial charge in [-0.1, -0.05) is 39.0 Å². The Kier molecular flexibility index (Phi) is 1.73. The van der Waals surface area contributed by atoms with Crippen LogP contribution in [0.1, 0.15) is 27.7 Å². The van der Waals surface area contributed by atoms with Crippen molar-refractivity contribution in [2.24, 2.45) is 16.3 Å². The summed E-state index contributed by atoms with van der Waals surface area (Å²) < 4.78 is 0. The summed E-state index contributed by atoms with van der Waals surface area (Å²) >= 11 is 0. The Balaban J connectivity index is 2.46. The van der Waals surface area contributed by atoms with Gasteiger partial charge >= 0.3 is 0 Å². The second-order valence-electron chi connectivity index (χ2n) is 4.65. The van der Waals surface area contributed by atoms with E-state index in [1.54, 1.807) is 0 Å². The van der Waals surface area contributed by atoms with Crippen LogP contribution in [0.15, 0.2) is 28.8 Å². The van der Waals surface area contributed by atoms with Crippen LogP contribution in [0.2, 0.25) is 0 Å². The van der Waals surface area contributed by atoms with Crippen molar-refractivity contribution >= 4 is 5.71 Å². The van der Waals surface area contributed by atoms with E-state index >= 15 is 0 Å². The van der Waals surface area contributed by atoms with Crippen molar-refractivity contribution < 1.29 is 0 Å². The minimum absolute atomic E-state index is 0.184. The Bertz CT molecular complexity index is 318. The Morgan fingerprint density at radius 1 is 1.38 bits per heavy atom. The first kappa shape index (κ1) is 8.74. The lowest BCUT2D eigenvalue weighted by atomic mass is 9.76. The van der Waals surface area contributed by atoms with Gasteiger partial charge in [0.15, 0.2) is 0 Å². The third-order valence-electron chi connectivity index (χ3n) is 3.47. The van der Waals surface area contributed by atoms with E-state index in [0.717, 1.165) is 0 Å². The van der Waals surface area contributed by atoms with Gasteiger partial charge in [0.1, 0.15) is 0 Å². The van der Waals surface area contributed by atoms with Gasteiger partial charge in [0.25, 0.3) is 0 Å². The van der Waals surface area contributed by atoms with Crippen LogP contribution in [0, 0.1) is 11.3 Å². The smallest absolute Gasteiger partial charge is 0.0780 e. The lowest BCUT2D eigenvalue weighted by Crippen LogP contribution is -2.25.